The molecule has 2 fully saturated rings. The van der Waals surface area contributed by atoms with E-state index >= 15 is 0 Å². The van der Waals surface area contributed by atoms with Crippen LogP contribution >= 0.6 is 0 Å². The molecule has 2 heterocycles. The summed E-state index contributed by atoms with van der Waals surface area (Å²) < 4.78 is 5.39. The Morgan fingerprint density at radius 2 is 2.20 bits per heavy atom. The SMILES string of the molecule is CC(C)(C)OC(=O)N1CCCC2NCC21. The number of carbonyl (C=O) groups is 1. The molecule has 86 valence electrons. The van der Waals surface area contributed by atoms with Crippen LogP contribution in [-0.2, 0) is 4.74 Å². The van der Waals surface area contributed by atoms with Crippen molar-refractivity contribution in [3.05, 3.63) is 0 Å². The van der Waals surface area contributed by atoms with Gasteiger partial charge in [-0.2, -0.15) is 0 Å². The fourth-order valence-corrected chi connectivity index (χ4v) is 2.21. The highest BCUT2D eigenvalue weighted by molar-refractivity contribution is 5.69. The Hall–Kier alpha value is -0.770. The van der Waals surface area contributed by atoms with Crippen molar-refractivity contribution < 1.29 is 9.53 Å². The summed E-state index contributed by atoms with van der Waals surface area (Å²) in [5.74, 6) is 0. The van der Waals surface area contributed by atoms with Gasteiger partial charge in [0.25, 0.3) is 0 Å². The molecule has 1 N–H and O–H groups in total. The van der Waals surface area contributed by atoms with Crippen LogP contribution < -0.4 is 5.32 Å². The predicted molar refractivity (Wildman–Crippen MR) is 57.8 cm³/mol. The van der Waals surface area contributed by atoms with Gasteiger partial charge in [-0.3, -0.25) is 0 Å². The Balaban J connectivity index is 1.94. The van der Waals surface area contributed by atoms with E-state index in [2.05, 4.69) is 5.32 Å². The molecule has 0 aliphatic carbocycles. The first-order chi connectivity index (χ1) is 6.97. The lowest BCUT2D eigenvalue weighted by molar-refractivity contribution is -0.00927. The van der Waals surface area contributed by atoms with Crippen LogP contribution in [0.1, 0.15) is 33.6 Å². The summed E-state index contributed by atoms with van der Waals surface area (Å²) in [5.41, 5.74) is -0.388. The fourth-order valence-electron chi connectivity index (χ4n) is 2.21. The summed E-state index contributed by atoms with van der Waals surface area (Å²) in [6, 6.07) is 0.875. The molecule has 0 bridgehead atoms. The van der Waals surface area contributed by atoms with Crippen molar-refractivity contribution in [2.75, 3.05) is 13.1 Å². The first-order valence-corrected chi connectivity index (χ1v) is 5.70. The van der Waals surface area contributed by atoms with E-state index in [-0.39, 0.29) is 11.7 Å². The van der Waals surface area contributed by atoms with Crippen molar-refractivity contribution in [1.82, 2.24) is 10.2 Å². The molecule has 0 aromatic heterocycles. The van der Waals surface area contributed by atoms with Crippen LogP contribution in [0.4, 0.5) is 4.79 Å². The maximum absolute atomic E-state index is 11.9. The average Bonchev–Trinajstić information content (AvgIpc) is 2.03. The van der Waals surface area contributed by atoms with Crippen molar-refractivity contribution in [1.29, 1.82) is 0 Å². The van der Waals surface area contributed by atoms with Crippen molar-refractivity contribution >= 4 is 6.09 Å². The third-order valence-electron chi connectivity index (χ3n) is 3.00. The van der Waals surface area contributed by atoms with Crippen molar-refractivity contribution in [2.45, 2.75) is 51.3 Å². The number of rotatable bonds is 0. The van der Waals surface area contributed by atoms with Crippen LogP contribution in [0.5, 0.6) is 0 Å². The van der Waals surface area contributed by atoms with Gasteiger partial charge in [0.05, 0.1) is 6.04 Å². The topological polar surface area (TPSA) is 41.6 Å². The fraction of sp³-hybridized carbons (Fsp3) is 0.909. The van der Waals surface area contributed by atoms with Gasteiger partial charge >= 0.3 is 6.09 Å². The largest absolute Gasteiger partial charge is 0.444 e. The molecule has 0 radical (unpaired) electrons. The summed E-state index contributed by atoms with van der Waals surface area (Å²) in [6.07, 6.45) is 2.11. The number of amides is 1. The van der Waals surface area contributed by atoms with E-state index in [1.807, 2.05) is 25.7 Å². The lowest BCUT2D eigenvalue weighted by Crippen LogP contribution is -2.68. The number of hydrogen-bond acceptors (Lipinski definition) is 3. The van der Waals surface area contributed by atoms with E-state index in [0.717, 1.165) is 19.5 Å². The maximum Gasteiger partial charge on any atom is 0.410 e. The average molecular weight is 212 g/mol. The normalized spacial score (nSPS) is 30.5. The van der Waals surface area contributed by atoms with E-state index < -0.39 is 0 Å². The number of piperidine rings is 1. The molecule has 2 unspecified atom stereocenters. The van der Waals surface area contributed by atoms with E-state index in [0.29, 0.717) is 12.1 Å². The zero-order valence-electron chi connectivity index (χ0n) is 9.75. The zero-order chi connectivity index (χ0) is 11.1. The van der Waals surface area contributed by atoms with Gasteiger partial charge in [0.1, 0.15) is 5.60 Å². The zero-order valence-corrected chi connectivity index (χ0v) is 9.75. The van der Waals surface area contributed by atoms with Crippen molar-refractivity contribution in [3.63, 3.8) is 0 Å². The van der Waals surface area contributed by atoms with Gasteiger partial charge in [-0.25, -0.2) is 4.79 Å². The molecule has 2 aliphatic heterocycles. The molecule has 15 heavy (non-hydrogen) atoms. The number of fused-ring (bicyclic) bond motifs is 1. The van der Waals surface area contributed by atoms with Gasteiger partial charge in [0.2, 0.25) is 0 Å². The molecule has 2 saturated heterocycles. The molecular weight excluding hydrogens is 192 g/mol. The minimum Gasteiger partial charge on any atom is -0.444 e. The molecule has 1 amide bonds. The Labute approximate surface area is 91.0 Å². The first kappa shape index (κ1) is 10.7. The van der Waals surface area contributed by atoms with Crippen LogP contribution in [0, 0.1) is 0 Å². The molecule has 0 aromatic rings. The molecular formula is C11H20N2O2. The van der Waals surface area contributed by atoms with Crippen LogP contribution in [0.15, 0.2) is 0 Å². The molecule has 4 heteroatoms. The Morgan fingerprint density at radius 3 is 2.73 bits per heavy atom. The van der Waals surface area contributed by atoms with Crippen LogP contribution in [0.2, 0.25) is 0 Å². The highest BCUT2D eigenvalue weighted by Gasteiger charge is 2.41. The Kier molecular flexibility index (Phi) is 2.63. The minimum absolute atomic E-state index is 0.154. The van der Waals surface area contributed by atoms with Crippen LogP contribution in [0.25, 0.3) is 0 Å². The van der Waals surface area contributed by atoms with Crippen LogP contribution in [0.3, 0.4) is 0 Å². The summed E-state index contributed by atoms with van der Waals surface area (Å²) in [6.45, 7) is 7.49. The number of nitrogens with zero attached hydrogens (tertiary/aromatic N) is 1. The number of carbonyl (C=O) groups excluding carboxylic acids is 1. The van der Waals surface area contributed by atoms with Gasteiger partial charge in [-0.05, 0) is 33.6 Å². The maximum atomic E-state index is 11.9. The quantitative estimate of drug-likeness (QED) is 0.659. The van der Waals surface area contributed by atoms with Gasteiger partial charge in [-0.15, -0.1) is 0 Å². The lowest BCUT2D eigenvalue weighted by atomic mass is 9.90. The van der Waals surface area contributed by atoms with E-state index in [9.17, 15) is 4.79 Å². The van der Waals surface area contributed by atoms with E-state index in [1.165, 1.54) is 6.42 Å². The molecule has 2 atom stereocenters. The third kappa shape index (κ3) is 2.25. The van der Waals surface area contributed by atoms with Gasteiger partial charge in [0, 0.05) is 19.1 Å². The third-order valence-corrected chi connectivity index (χ3v) is 3.00. The summed E-state index contributed by atoms with van der Waals surface area (Å²) >= 11 is 0. The molecule has 2 aliphatic rings. The first-order valence-electron chi connectivity index (χ1n) is 5.70. The molecule has 4 nitrogen and oxygen atoms in total. The van der Waals surface area contributed by atoms with Gasteiger partial charge in [-0.1, -0.05) is 0 Å². The summed E-state index contributed by atoms with van der Waals surface area (Å²) in [5, 5.41) is 3.35. The summed E-state index contributed by atoms with van der Waals surface area (Å²) in [7, 11) is 0. The molecule has 0 saturated carbocycles. The van der Waals surface area contributed by atoms with E-state index in [1.54, 1.807) is 0 Å². The molecule has 0 spiro atoms. The number of likely N-dealkylation sites (tertiary alicyclic amines) is 1. The monoisotopic (exact) mass is 212 g/mol. The number of ether oxygens (including phenoxy) is 1. The Bertz CT molecular complexity index is 260. The van der Waals surface area contributed by atoms with Gasteiger partial charge < -0.3 is 15.0 Å². The second-order valence-electron chi connectivity index (χ2n) is 5.40. The van der Waals surface area contributed by atoms with Gasteiger partial charge in [0.15, 0.2) is 0 Å². The predicted octanol–water partition coefficient (Wildman–Crippen LogP) is 1.36. The number of nitrogens with one attached hydrogen (secondary N) is 1. The van der Waals surface area contributed by atoms with E-state index in [4.69, 9.17) is 4.74 Å². The van der Waals surface area contributed by atoms with Crippen molar-refractivity contribution in [3.8, 4) is 0 Å². The standard InChI is InChI=1S/C11H20N2O2/c1-11(2,3)15-10(14)13-6-4-5-8-9(13)7-12-8/h8-9,12H,4-7H2,1-3H3. The number of hydrogen-bond donors (Lipinski definition) is 1. The van der Waals surface area contributed by atoms with Crippen LogP contribution in [-0.4, -0.2) is 41.8 Å². The summed E-state index contributed by atoms with van der Waals surface area (Å²) in [4.78, 5) is 13.8. The van der Waals surface area contributed by atoms with Crippen molar-refractivity contribution in [2.24, 2.45) is 0 Å². The second-order valence-corrected chi connectivity index (χ2v) is 5.40. The smallest absolute Gasteiger partial charge is 0.410 e. The molecule has 0 aromatic carbocycles. The minimum atomic E-state index is -0.388. The molecule has 2 rings (SSSR count). The highest BCUT2D eigenvalue weighted by Crippen LogP contribution is 2.25. The lowest BCUT2D eigenvalue weighted by Gasteiger charge is -2.48. The second kappa shape index (κ2) is 3.67. The Morgan fingerprint density at radius 1 is 1.47 bits per heavy atom. The highest BCUT2D eigenvalue weighted by atomic mass is 16.6.